The van der Waals surface area contributed by atoms with Crippen molar-refractivity contribution < 1.29 is 0 Å². The fourth-order valence-electron chi connectivity index (χ4n) is 1.88. The summed E-state index contributed by atoms with van der Waals surface area (Å²) in [5, 5.41) is 14.2. The molecule has 1 unspecified atom stereocenters. The van der Waals surface area contributed by atoms with E-state index < -0.39 is 0 Å². The third kappa shape index (κ3) is 2.91. The summed E-state index contributed by atoms with van der Waals surface area (Å²) in [6.07, 6.45) is 2.87. The number of H-pyrrole nitrogens is 1. The molecule has 2 N–H and O–H groups in total. The standard InChI is InChI=1S/C13H18N4/c1-3-7-14-13(12-9-15-17-16-12)11-6-4-5-10(2)8-11/h4-6,8-9,13-14H,3,7H2,1-2H3,(H,15,16,17). The third-order valence-corrected chi connectivity index (χ3v) is 2.70. The lowest BCUT2D eigenvalue weighted by Gasteiger charge is -2.16. The van der Waals surface area contributed by atoms with Crippen molar-refractivity contribution in [3.05, 3.63) is 47.3 Å². The number of nitrogens with one attached hydrogen (secondary N) is 2. The number of aromatic nitrogens is 3. The fraction of sp³-hybridized carbons (Fsp3) is 0.385. The van der Waals surface area contributed by atoms with Gasteiger partial charge >= 0.3 is 0 Å². The highest BCUT2D eigenvalue weighted by Crippen LogP contribution is 2.20. The first kappa shape index (κ1) is 11.8. The van der Waals surface area contributed by atoms with Crippen LogP contribution in [0.25, 0.3) is 0 Å². The summed E-state index contributed by atoms with van der Waals surface area (Å²) in [4.78, 5) is 0. The van der Waals surface area contributed by atoms with E-state index in [0.717, 1.165) is 18.7 Å². The lowest BCUT2D eigenvalue weighted by molar-refractivity contribution is 0.585. The first-order chi connectivity index (χ1) is 8.31. The van der Waals surface area contributed by atoms with Crippen molar-refractivity contribution in [3.63, 3.8) is 0 Å². The molecule has 0 fully saturated rings. The van der Waals surface area contributed by atoms with Gasteiger partial charge in [-0.3, -0.25) is 0 Å². The predicted molar refractivity (Wildman–Crippen MR) is 67.7 cm³/mol. The first-order valence-corrected chi connectivity index (χ1v) is 5.97. The lowest BCUT2D eigenvalue weighted by atomic mass is 10.0. The highest BCUT2D eigenvalue weighted by atomic mass is 15.3. The molecule has 1 atom stereocenters. The largest absolute Gasteiger partial charge is 0.305 e. The summed E-state index contributed by atoms with van der Waals surface area (Å²) in [6, 6.07) is 8.60. The fourth-order valence-corrected chi connectivity index (χ4v) is 1.88. The Morgan fingerprint density at radius 3 is 2.94 bits per heavy atom. The van der Waals surface area contributed by atoms with Crippen molar-refractivity contribution in [1.82, 2.24) is 20.7 Å². The molecule has 0 amide bonds. The van der Waals surface area contributed by atoms with E-state index in [1.165, 1.54) is 11.1 Å². The number of aromatic amines is 1. The molecular formula is C13H18N4. The van der Waals surface area contributed by atoms with E-state index in [9.17, 15) is 0 Å². The molecule has 0 aliphatic heterocycles. The van der Waals surface area contributed by atoms with Crippen LogP contribution in [0.1, 0.15) is 36.2 Å². The van der Waals surface area contributed by atoms with Gasteiger partial charge in [0.1, 0.15) is 5.69 Å². The Bertz CT molecular complexity index is 450. The summed E-state index contributed by atoms with van der Waals surface area (Å²) < 4.78 is 0. The zero-order valence-electron chi connectivity index (χ0n) is 10.3. The van der Waals surface area contributed by atoms with Gasteiger partial charge in [0.25, 0.3) is 0 Å². The SMILES string of the molecule is CCCNC(c1cccc(C)c1)c1cn[nH]n1. The van der Waals surface area contributed by atoms with Gasteiger partial charge in [-0.15, -0.1) is 0 Å². The minimum atomic E-state index is 0.119. The molecule has 0 saturated carbocycles. The van der Waals surface area contributed by atoms with Crippen LogP contribution in [0.4, 0.5) is 0 Å². The van der Waals surface area contributed by atoms with Crippen LogP contribution in [-0.4, -0.2) is 22.0 Å². The summed E-state index contributed by atoms with van der Waals surface area (Å²) in [6.45, 7) is 5.22. The van der Waals surface area contributed by atoms with Crippen molar-refractivity contribution in [3.8, 4) is 0 Å². The van der Waals surface area contributed by atoms with E-state index in [1.54, 1.807) is 6.20 Å². The van der Waals surface area contributed by atoms with Crippen LogP contribution in [0.15, 0.2) is 30.5 Å². The topological polar surface area (TPSA) is 53.6 Å². The molecule has 2 aromatic rings. The Hall–Kier alpha value is -1.68. The number of hydrogen-bond donors (Lipinski definition) is 2. The van der Waals surface area contributed by atoms with Gasteiger partial charge in [0, 0.05) is 0 Å². The average Bonchev–Trinajstić information content (AvgIpc) is 2.83. The van der Waals surface area contributed by atoms with Crippen molar-refractivity contribution in [2.24, 2.45) is 0 Å². The van der Waals surface area contributed by atoms with Gasteiger partial charge in [-0.25, -0.2) is 0 Å². The van der Waals surface area contributed by atoms with E-state index in [0.29, 0.717) is 0 Å². The normalized spacial score (nSPS) is 12.6. The van der Waals surface area contributed by atoms with Gasteiger partial charge in [0.05, 0.1) is 12.2 Å². The zero-order chi connectivity index (χ0) is 12.1. The van der Waals surface area contributed by atoms with Crippen LogP contribution < -0.4 is 5.32 Å². The smallest absolute Gasteiger partial charge is 0.104 e. The summed E-state index contributed by atoms with van der Waals surface area (Å²) in [7, 11) is 0. The minimum Gasteiger partial charge on any atom is -0.305 e. The molecule has 1 heterocycles. The van der Waals surface area contributed by atoms with E-state index in [1.807, 2.05) is 0 Å². The highest BCUT2D eigenvalue weighted by molar-refractivity contribution is 5.29. The van der Waals surface area contributed by atoms with Crippen molar-refractivity contribution >= 4 is 0 Å². The Labute approximate surface area is 101 Å². The summed E-state index contributed by atoms with van der Waals surface area (Å²) >= 11 is 0. The van der Waals surface area contributed by atoms with E-state index in [4.69, 9.17) is 0 Å². The van der Waals surface area contributed by atoms with Gasteiger partial charge in [-0.1, -0.05) is 36.8 Å². The zero-order valence-corrected chi connectivity index (χ0v) is 10.3. The monoisotopic (exact) mass is 230 g/mol. The number of aryl methyl sites for hydroxylation is 1. The minimum absolute atomic E-state index is 0.119. The Morgan fingerprint density at radius 1 is 1.41 bits per heavy atom. The Morgan fingerprint density at radius 2 is 2.29 bits per heavy atom. The molecule has 0 radical (unpaired) electrons. The second kappa shape index (κ2) is 5.59. The molecule has 2 rings (SSSR count). The molecule has 1 aromatic heterocycles. The van der Waals surface area contributed by atoms with Crippen LogP contribution in [0.3, 0.4) is 0 Å². The molecule has 0 bridgehead atoms. The van der Waals surface area contributed by atoms with Crippen LogP contribution in [0.5, 0.6) is 0 Å². The summed E-state index contributed by atoms with van der Waals surface area (Å²) in [5.41, 5.74) is 3.42. The Kier molecular flexibility index (Phi) is 3.88. The molecule has 90 valence electrons. The van der Waals surface area contributed by atoms with Gasteiger partial charge in [0.15, 0.2) is 0 Å². The Balaban J connectivity index is 2.27. The molecule has 1 aromatic carbocycles. The van der Waals surface area contributed by atoms with E-state index >= 15 is 0 Å². The quantitative estimate of drug-likeness (QED) is 0.828. The average molecular weight is 230 g/mol. The maximum absolute atomic E-state index is 4.18. The number of benzene rings is 1. The number of nitrogens with zero attached hydrogens (tertiary/aromatic N) is 2. The molecule has 0 saturated heterocycles. The number of hydrogen-bond acceptors (Lipinski definition) is 3. The van der Waals surface area contributed by atoms with Crippen LogP contribution >= 0.6 is 0 Å². The molecule has 0 aliphatic rings. The number of rotatable bonds is 5. The highest BCUT2D eigenvalue weighted by Gasteiger charge is 2.15. The van der Waals surface area contributed by atoms with Gasteiger partial charge in [0.2, 0.25) is 0 Å². The van der Waals surface area contributed by atoms with Gasteiger partial charge < -0.3 is 5.32 Å². The van der Waals surface area contributed by atoms with Crippen molar-refractivity contribution in [1.29, 1.82) is 0 Å². The van der Waals surface area contributed by atoms with Gasteiger partial charge in [-0.05, 0) is 25.5 Å². The molecule has 4 nitrogen and oxygen atoms in total. The predicted octanol–water partition coefficient (Wildman–Crippen LogP) is 2.20. The van der Waals surface area contributed by atoms with Crippen molar-refractivity contribution in [2.45, 2.75) is 26.3 Å². The van der Waals surface area contributed by atoms with Crippen LogP contribution in [0, 0.1) is 6.92 Å². The molecule has 4 heteroatoms. The molecule has 0 aliphatic carbocycles. The first-order valence-electron chi connectivity index (χ1n) is 5.97. The maximum atomic E-state index is 4.18. The molecular weight excluding hydrogens is 212 g/mol. The van der Waals surface area contributed by atoms with Crippen LogP contribution in [0.2, 0.25) is 0 Å². The molecule has 0 spiro atoms. The van der Waals surface area contributed by atoms with Crippen LogP contribution in [-0.2, 0) is 0 Å². The maximum Gasteiger partial charge on any atom is 0.104 e. The lowest BCUT2D eigenvalue weighted by Crippen LogP contribution is -2.23. The van der Waals surface area contributed by atoms with Gasteiger partial charge in [-0.2, -0.15) is 15.4 Å². The molecule has 17 heavy (non-hydrogen) atoms. The second-order valence-corrected chi connectivity index (χ2v) is 4.20. The third-order valence-electron chi connectivity index (χ3n) is 2.70. The van der Waals surface area contributed by atoms with Crippen molar-refractivity contribution in [2.75, 3.05) is 6.54 Å². The van der Waals surface area contributed by atoms with E-state index in [-0.39, 0.29) is 6.04 Å². The summed E-state index contributed by atoms with van der Waals surface area (Å²) in [5.74, 6) is 0. The second-order valence-electron chi connectivity index (χ2n) is 4.20. The van der Waals surface area contributed by atoms with E-state index in [2.05, 4.69) is 58.8 Å².